The molecule has 0 bridgehead atoms. The Morgan fingerprint density at radius 2 is 2.00 bits per heavy atom. The normalized spacial score (nSPS) is 38.5. The largest absolute Gasteiger partial charge is 0.480 e. The molecule has 1 aliphatic carbocycles. The summed E-state index contributed by atoms with van der Waals surface area (Å²) in [5.41, 5.74) is 4.73. The average Bonchev–Trinajstić information content (AvgIpc) is 1.95. The van der Waals surface area contributed by atoms with Crippen LogP contribution in [0.4, 0.5) is 0 Å². The van der Waals surface area contributed by atoms with Crippen molar-refractivity contribution >= 4 is 28.6 Å². The van der Waals surface area contributed by atoms with Crippen LogP contribution in [0.25, 0.3) is 0 Å². The first-order chi connectivity index (χ1) is 5.04. The molecule has 1 saturated carbocycles. The first-order valence-electron chi connectivity index (χ1n) is 3.71. The molecule has 1 rings (SSSR count). The zero-order chi connectivity index (χ0) is 8.48. The molecule has 0 spiro atoms. The lowest BCUT2D eigenvalue weighted by Crippen LogP contribution is -2.50. The zero-order valence-electron chi connectivity index (χ0n) is 6.22. The molecule has 0 aromatic heterocycles. The molecule has 0 atom stereocenters. The van der Waals surface area contributed by atoms with Gasteiger partial charge >= 0.3 is 5.97 Å². The van der Waals surface area contributed by atoms with E-state index in [-0.39, 0.29) is 0 Å². The first-order valence-corrected chi connectivity index (χ1v) is 4.95. The van der Waals surface area contributed by atoms with Crippen LogP contribution in [0.2, 0.25) is 0 Å². The van der Waals surface area contributed by atoms with Crippen LogP contribution in [0.3, 0.4) is 0 Å². The number of hydrogen-bond acceptors (Lipinski definition) is 2. The Hall–Kier alpha value is 0.160. The zero-order valence-corrected chi connectivity index (χ0v) is 8.37. The van der Waals surface area contributed by atoms with E-state index in [0.29, 0.717) is 16.8 Å². The molecular weight excluding hydrogens is 257 g/mol. The average molecular weight is 269 g/mol. The van der Waals surface area contributed by atoms with Crippen LogP contribution in [0, 0.1) is 0 Å². The summed E-state index contributed by atoms with van der Waals surface area (Å²) >= 11 is 2.35. The van der Waals surface area contributed by atoms with Crippen LogP contribution in [0.15, 0.2) is 0 Å². The van der Waals surface area contributed by atoms with Crippen molar-refractivity contribution in [1.29, 1.82) is 0 Å². The quantitative estimate of drug-likeness (QED) is 0.554. The number of carboxylic acid groups (broad SMARTS) is 1. The second-order valence-corrected chi connectivity index (χ2v) is 4.90. The summed E-state index contributed by atoms with van der Waals surface area (Å²) in [5, 5.41) is 8.76. The second kappa shape index (κ2) is 3.26. The molecule has 0 aromatic carbocycles. The van der Waals surface area contributed by atoms with Gasteiger partial charge in [0.25, 0.3) is 0 Å². The van der Waals surface area contributed by atoms with Crippen LogP contribution in [-0.4, -0.2) is 20.5 Å². The summed E-state index contributed by atoms with van der Waals surface area (Å²) in [6.45, 7) is 0. The molecule has 1 fully saturated rings. The van der Waals surface area contributed by atoms with Crippen LogP contribution in [0.1, 0.15) is 25.7 Å². The highest BCUT2D eigenvalue weighted by atomic mass is 127. The third-order valence-electron chi connectivity index (χ3n) is 2.23. The maximum Gasteiger partial charge on any atom is 0.323 e. The van der Waals surface area contributed by atoms with Gasteiger partial charge in [0.15, 0.2) is 0 Å². The van der Waals surface area contributed by atoms with Crippen LogP contribution < -0.4 is 5.73 Å². The molecule has 4 heteroatoms. The number of hydrogen-bond donors (Lipinski definition) is 2. The molecule has 0 amide bonds. The van der Waals surface area contributed by atoms with Crippen molar-refractivity contribution in [1.82, 2.24) is 0 Å². The molecule has 0 aromatic rings. The smallest absolute Gasteiger partial charge is 0.323 e. The molecule has 1 aliphatic rings. The van der Waals surface area contributed by atoms with Gasteiger partial charge in [-0.15, -0.1) is 0 Å². The van der Waals surface area contributed by atoms with E-state index in [9.17, 15) is 4.79 Å². The van der Waals surface area contributed by atoms with Crippen molar-refractivity contribution in [3.05, 3.63) is 0 Å². The number of halogens is 1. The molecule has 3 N–H and O–H groups in total. The number of rotatable bonds is 1. The van der Waals surface area contributed by atoms with E-state index >= 15 is 0 Å². The van der Waals surface area contributed by atoms with Crippen molar-refractivity contribution in [2.45, 2.75) is 35.1 Å². The predicted octanol–water partition coefficient (Wildman–Crippen LogP) is 1.15. The molecule has 0 aliphatic heterocycles. The third kappa shape index (κ3) is 2.05. The van der Waals surface area contributed by atoms with Gasteiger partial charge in [0, 0.05) is 3.92 Å². The van der Waals surface area contributed by atoms with Gasteiger partial charge in [0.1, 0.15) is 5.54 Å². The second-order valence-electron chi connectivity index (χ2n) is 3.14. The van der Waals surface area contributed by atoms with E-state index in [1.807, 2.05) is 0 Å². The van der Waals surface area contributed by atoms with Gasteiger partial charge in [-0.2, -0.15) is 0 Å². The van der Waals surface area contributed by atoms with Crippen molar-refractivity contribution in [2.75, 3.05) is 0 Å². The van der Waals surface area contributed by atoms with E-state index in [1.165, 1.54) is 0 Å². The highest BCUT2D eigenvalue weighted by Gasteiger charge is 2.37. The van der Waals surface area contributed by atoms with Gasteiger partial charge in [0.05, 0.1) is 0 Å². The number of nitrogens with two attached hydrogens (primary N) is 1. The summed E-state index contributed by atoms with van der Waals surface area (Å²) in [6.07, 6.45) is 3.11. The SMILES string of the molecule is NC1(C(=O)O)CCC(I)CC1. The van der Waals surface area contributed by atoms with E-state index in [0.717, 1.165) is 12.8 Å². The Bertz CT molecular complexity index is 164. The summed E-state index contributed by atoms with van der Waals surface area (Å²) in [5.74, 6) is -0.846. The fourth-order valence-corrected chi connectivity index (χ4v) is 1.93. The van der Waals surface area contributed by atoms with Gasteiger partial charge in [-0.05, 0) is 25.7 Å². The molecule has 64 valence electrons. The lowest BCUT2D eigenvalue weighted by atomic mass is 9.83. The van der Waals surface area contributed by atoms with Crippen molar-refractivity contribution in [3.63, 3.8) is 0 Å². The van der Waals surface area contributed by atoms with Gasteiger partial charge in [-0.1, -0.05) is 22.6 Å². The summed E-state index contributed by atoms with van der Waals surface area (Å²) in [6, 6.07) is 0. The number of aliphatic carboxylic acids is 1. The first kappa shape index (κ1) is 9.25. The maximum absolute atomic E-state index is 10.7. The molecule has 3 nitrogen and oxygen atoms in total. The minimum absolute atomic E-state index is 0.614. The van der Waals surface area contributed by atoms with Crippen LogP contribution in [0.5, 0.6) is 0 Å². The summed E-state index contributed by atoms with van der Waals surface area (Å²) < 4.78 is 0.614. The monoisotopic (exact) mass is 269 g/mol. The lowest BCUT2D eigenvalue weighted by Gasteiger charge is -2.31. The maximum atomic E-state index is 10.7. The number of carbonyl (C=O) groups is 1. The molecular formula is C7H12INO2. The molecule has 0 unspecified atom stereocenters. The molecule has 0 saturated heterocycles. The van der Waals surface area contributed by atoms with Gasteiger partial charge in [-0.3, -0.25) is 4.79 Å². The topological polar surface area (TPSA) is 63.3 Å². The van der Waals surface area contributed by atoms with Crippen LogP contribution >= 0.6 is 22.6 Å². The third-order valence-corrected chi connectivity index (χ3v) is 3.48. The van der Waals surface area contributed by atoms with E-state index < -0.39 is 11.5 Å². The highest BCUT2D eigenvalue weighted by Crippen LogP contribution is 2.30. The highest BCUT2D eigenvalue weighted by molar-refractivity contribution is 14.1. The van der Waals surface area contributed by atoms with Crippen molar-refractivity contribution in [2.24, 2.45) is 5.73 Å². The Morgan fingerprint density at radius 3 is 2.36 bits per heavy atom. The fraction of sp³-hybridized carbons (Fsp3) is 0.857. The van der Waals surface area contributed by atoms with E-state index in [2.05, 4.69) is 22.6 Å². The number of carboxylic acids is 1. The van der Waals surface area contributed by atoms with E-state index in [1.54, 1.807) is 0 Å². The number of alkyl halides is 1. The van der Waals surface area contributed by atoms with Crippen molar-refractivity contribution < 1.29 is 9.90 Å². The minimum Gasteiger partial charge on any atom is -0.480 e. The Kier molecular flexibility index (Phi) is 2.74. The molecule has 0 heterocycles. The lowest BCUT2D eigenvalue weighted by molar-refractivity contribution is -0.144. The minimum atomic E-state index is -0.929. The van der Waals surface area contributed by atoms with Gasteiger partial charge in [-0.25, -0.2) is 0 Å². The van der Waals surface area contributed by atoms with Gasteiger partial charge < -0.3 is 10.8 Å². The van der Waals surface area contributed by atoms with E-state index in [4.69, 9.17) is 10.8 Å². The summed E-state index contributed by atoms with van der Waals surface area (Å²) in [4.78, 5) is 10.7. The predicted molar refractivity (Wildman–Crippen MR) is 50.8 cm³/mol. The Morgan fingerprint density at radius 1 is 1.55 bits per heavy atom. The fourth-order valence-electron chi connectivity index (χ4n) is 1.31. The molecule has 11 heavy (non-hydrogen) atoms. The molecule has 0 radical (unpaired) electrons. The van der Waals surface area contributed by atoms with Crippen LogP contribution in [-0.2, 0) is 4.79 Å². The van der Waals surface area contributed by atoms with Gasteiger partial charge in [0.2, 0.25) is 0 Å². The Balaban J connectivity index is 2.55. The standard InChI is InChI=1S/C7H12INO2/c8-5-1-3-7(9,4-2-5)6(10)11/h5H,1-4,9H2,(H,10,11). The Labute approximate surface area is 79.5 Å². The summed E-state index contributed by atoms with van der Waals surface area (Å²) in [7, 11) is 0. The van der Waals surface area contributed by atoms with Crippen molar-refractivity contribution in [3.8, 4) is 0 Å².